The minimum Gasteiger partial charge on any atom is -0.379 e. The van der Waals surface area contributed by atoms with Crippen molar-refractivity contribution in [2.24, 2.45) is 0 Å². The maximum atomic E-state index is 11.1. The Morgan fingerprint density at radius 3 is 1.59 bits per heavy atom. The van der Waals surface area contributed by atoms with Gasteiger partial charge in [-0.3, -0.25) is 9.80 Å². The highest BCUT2D eigenvalue weighted by Crippen LogP contribution is 2.11. The molecule has 0 saturated carbocycles. The van der Waals surface area contributed by atoms with Crippen LogP contribution in [0.1, 0.15) is 68.1 Å². The molecule has 0 aliphatic heterocycles. The molecule has 0 N–H and O–H groups in total. The lowest BCUT2D eigenvalue weighted by atomic mass is 10.2. The molecule has 1 rings (SSSR count). The van der Waals surface area contributed by atoms with Gasteiger partial charge in [-0.05, 0) is 55.4 Å². The SMILES string of the molecule is CCc1n(CCN(C(C)C)C(C)C)cc[n+]1CCN(C(C)C)C(C)C.O=S(=O)(F)[N-]S(=O)(=O)F. The average molecular weight is 532 g/mol. The van der Waals surface area contributed by atoms with Gasteiger partial charge in [0.05, 0.1) is 0 Å². The van der Waals surface area contributed by atoms with Crippen LogP contribution in [0.5, 0.6) is 0 Å². The molecule has 0 spiro atoms. The van der Waals surface area contributed by atoms with E-state index in [9.17, 15) is 24.6 Å². The lowest BCUT2D eigenvalue weighted by Gasteiger charge is -2.30. The van der Waals surface area contributed by atoms with Gasteiger partial charge in [-0.2, -0.15) is 0 Å². The summed E-state index contributed by atoms with van der Waals surface area (Å²) < 4.78 is 65.0. The van der Waals surface area contributed by atoms with Crippen LogP contribution in [0.15, 0.2) is 12.4 Å². The summed E-state index contributed by atoms with van der Waals surface area (Å²) in [4.78, 5) is 5.14. The minimum atomic E-state index is -5.62. The lowest BCUT2D eigenvalue weighted by Crippen LogP contribution is -2.47. The number of halogens is 2. The van der Waals surface area contributed by atoms with Crippen LogP contribution in [0.3, 0.4) is 0 Å². The summed E-state index contributed by atoms with van der Waals surface area (Å²) in [7, 11) is -11.2. The molecule has 0 aliphatic carbocycles. The predicted octanol–water partition coefficient (Wildman–Crippen LogP) is 3.36. The van der Waals surface area contributed by atoms with E-state index in [0.717, 1.165) is 36.7 Å². The Morgan fingerprint density at radius 2 is 1.26 bits per heavy atom. The molecule has 0 saturated heterocycles. The zero-order chi connectivity index (χ0) is 26.9. The molecule has 0 aromatic carbocycles. The topological polar surface area (TPSA) is 97.7 Å². The van der Waals surface area contributed by atoms with Crippen LogP contribution in [0.25, 0.3) is 4.13 Å². The van der Waals surface area contributed by atoms with E-state index in [2.05, 4.69) is 93.6 Å². The summed E-state index contributed by atoms with van der Waals surface area (Å²) in [5.41, 5.74) is 0. The Hall–Kier alpha value is -1.15. The molecular weight excluding hydrogens is 488 g/mol. The molecule has 0 unspecified atom stereocenters. The van der Waals surface area contributed by atoms with Crippen molar-refractivity contribution in [2.75, 3.05) is 13.1 Å². The van der Waals surface area contributed by atoms with Gasteiger partial charge in [0.15, 0.2) is 0 Å². The van der Waals surface area contributed by atoms with Crippen molar-refractivity contribution in [3.05, 3.63) is 22.3 Å². The molecule has 0 radical (unpaired) electrons. The van der Waals surface area contributed by atoms with Crippen LogP contribution in [0.4, 0.5) is 7.77 Å². The summed E-state index contributed by atoms with van der Waals surface area (Å²) in [5.74, 6) is 1.44. The van der Waals surface area contributed by atoms with Gasteiger partial charge >= 0.3 is 0 Å². The first-order chi connectivity index (χ1) is 15.4. The highest BCUT2D eigenvalue weighted by molar-refractivity contribution is 8.07. The number of rotatable bonds is 13. The summed E-state index contributed by atoms with van der Waals surface area (Å²) in [6, 6.07) is 2.38. The second kappa shape index (κ2) is 14.4. The smallest absolute Gasteiger partial charge is 0.256 e. The molecule has 1 aromatic heterocycles. The molecular formula is C21H43F2N5O4S2. The average Bonchev–Trinajstić information content (AvgIpc) is 3.00. The van der Waals surface area contributed by atoms with Crippen molar-refractivity contribution < 1.29 is 29.2 Å². The van der Waals surface area contributed by atoms with E-state index >= 15 is 0 Å². The largest absolute Gasteiger partial charge is 0.379 e. The third kappa shape index (κ3) is 13.1. The minimum absolute atomic E-state index is 0.596. The number of hydrogen-bond donors (Lipinski definition) is 0. The summed E-state index contributed by atoms with van der Waals surface area (Å²) in [6.07, 6.45) is 5.62. The van der Waals surface area contributed by atoms with E-state index in [-0.39, 0.29) is 0 Å². The van der Waals surface area contributed by atoms with Gasteiger partial charge in [0.2, 0.25) is 20.8 Å². The number of hydrogen-bond acceptors (Lipinski definition) is 6. The maximum Gasteiger partial charge on any atom is 0.256 e. The number of imidazole rings is 1. The van der Waals surface area contributed by atoms with Gasteiger partial charge in [-0.15, -0.1) is 7.77 Å². The Bertz CT molecular complexity index is 845. The molecule has 1 aromatic rings. The monoisotopic (exact) mass is 531 g/mol. The standard InChI is InChI=1S/C21H43N4.F2NO4S2/c1-10-21-22(13-15-24(17(2)3)18(4)5)11-12-23(21)14-16-25(19(6)7)20(8)9;1-8(4,5)3-9(2,6)7/h11-12,17-20H,10,13-16H2,1-9H3;/q+1;-1. The predicted molar refractivity (Wildman–Crippen MR) is 131 cm³/mol. The normalized spacial score (nSPS) is 13.0. The van der Waals surface area contributed by atoms with Crippen LogP contribution in [0.2, 0.25) is 0 Å². The van der Waals surface area contributed by atoms with Crippen LogP contribution in [0, 0.1) is 0 Å². The first-order valence-electron chi connectivity index (χ1n) is 11.6. The van der Waals surface area contributed by atoms with Crippen molar-refractivity contribution >= 4 is 20.8 Å². The molecule has 0 atom stereocenters. The van der Waals surface area contributed by atoms with Gasteiger partial charge in [0.1, 0.15) is 25.5 Å². The lowest BCUT2D eigenvalue weighted by molar-refractivity contribution is -0.703. The molecule has 13 heteroatoms. The molecule has 0 bridgehead atoms. The van der Waals surface area contributed by atoms with E-state index < -0.39 is 20.8 Å². The van der Waals surface area contributed by atoms with Crippen LogP contribution in [-0.4, -0.2) is 68.5 Å². The summed E-state index contributed by atoms with van der Waals surface area (Å²) >= 11 is 0. The molecule has 0 aliphatic rings. The van der Waals surface area contributed by atoms with Crippen molar-refractivity contribution in [1.82, 2.24) is 14.4 Å². The Morgan fingerprint density at radius 1 is 0.853 bits per heavy atom. The first kappa shape index (κ1) is 32.8. The van der Waals surface area contributed by atoms with Crippen molar-refractivity contribution in [3.63, 3.8) is 0 Å². The van der Waals surface area contributed by atoms with Crippen molar-refractivity contribution in [3.8, 4) is 0 Å². The number of nitrogens with zero attached hydrogens (tertiary/aromatic N) is 5. The van der Waals surface area contributed by atoms with Crippen molar-refractivity contribution in [1.29, 1.82) is 0 Å². The van der Waals surface area contributed by atoms with E-state index in [0.29, 0.717) is 24.2 Å². The first-order valence-corrected chi connectivity index (χ1v) is 14.3. The maximum absolute atomic E-state index is 11.1. The van der Waals surface area contributed by atoms with Gasteiger partial charge in [0, 0.05) is 43.7 Å². The van der Waals surface area contributed by atoms with Gasteiger partial charge in [0.25, 0.3) is 5.82 Å². The van der Waals surface area contributed by atoms with E-state index in [4.69, 9.17) is 0 Å². The summed E-state index contributed by atoms with van der Waals surface area (Å²) in [6.45, 7) is 25.0. The fourth-order valence-corrected chi connectivity index (χ4v) is 4.94. The molecule has 0 amide bonds. The fourth-order valence-electron chi connectivity index (χ4n) is 4.09. The van der Waals surface area contributed by atoms with Gasteiger partial charge < -0.3 is 4.13 Å². The van der Waals surface area contributed by atoms with Crippen LogP contribution in [-0.2, 0) is 40.3 Å². The highest BCUT2D eigenvalue weighted by Gasteiger charge is 2.20. The quantitative estimate of drug-likeness (QED) is 0.286. The molecule has 0 fully saturated rings. The van der Waals surface area contributed by atoms with Gasteiger partial charge in [-0.1, -0.05) is 6.92 Å². The third-order valence-electron chi connectivity index (χ3n) is 5.44. The van der Waals surface area contributed by atoms with Crippen LogP contribution < -0.4 is 4.57 Å². The molecule has 9 nitrogen and oxygen atoms in total. The zero-order valence-electron chi connectivity index (χ0n) is 21.9. The zero-order valence-corrected chi connectivity index (χ0v) is 23.6. The molecule has 34 heavy (non-hydrogen) atoms. The highest BCUT2D eigenvalue weighted by atomic mass is 32.3. The third-order valence-corrected chi connectivity index (χ3v) is 6.86. The molecule has 1 heterocycles. The Labute approximate surface area is 205 Å². The summed E-state index contributed by atoms with van der Waals surface area (Å²) in [5, 5.41) is 0. The van der Waals surface area contributed by atoms with E-state index in [1.165, 1.54) is 5.82 Å². The number of aromatic nitrogens is 2. The second-order valence-corrected chi connectivity index (χ2v) is 11.4. The van der Waals surface area contributed by atoms with E-state index in [1.54, 1.807) is 0 Å². The Kier molecular flexibility index (Phi) is 13.9. The molecule has 202 valence electrons. The van der Waals surface area contributed by atoms with E-state index in [1.807, 2.05) is 0 Å². The Balaban J connectivity index is 0.00000102. The van der Waals surface area contributed by atoms with Crippen molar-refractivity contribution in [2.45, 2.75) is 106 Å². The fraction of sp³-hybridized carbons (Fsp3) is 0.857. The second-order valence-electron chi connectivity index (χ2n) is 9.20. The van der Waals surface area contributed by atoms with Gasteiger partial charge in [-0.25, -0.2) is 26.0 Å². The van der Waals surface area contributed by atoms with Crippen LogP contribution >= 0.6 is 0 Å².